The summed E-state index contributed by atoms with van der Waals surface area (Å²) in [5.41, 5.74) is -0.0680. The van der Waals surface area contributed by atoms with Crippen LogP contribution in [0.2, 0.25) is 0 Å². The molecule has 1 heterocycles. The highest BCUT2D eigenvalue weighted by Gasteiger charge is 2.45. The molecule has 0 bridgehead atoms. The van der Waals surface area contributed by atoms with Crippen molar-refractivity contribution in [3.63, 3.8) is 0 Å². The Labute approximate surface area is 207 Å². The van der Waals surface area contributed by atoms with Gasteiger partial charge >= 0.3 is 15.5 Å². The van der Waals surface area contributed by atoms with Gasteiger partial charge in [0.15, 0.2) is 0 Å². The number of aromatic nitrogens is 2. The fraction of sp³-hybridized carbons (Fsp3) is 0.269. The number of hydrogen-bond acceptors (Lipinski definition) is 3. The van der Waals surface area contributed by atoms with Crippen molar-refractivity contribution >= 4 is 21.1 Å². The van der Waals surface area contributed by atoms with Crippen molar-refractivity contribution in [1.82, 2.24) is 13.9 Å². The van der Waals surface area contributed by atoms with Gasteiger partial charge in [-0.15, -0.1) is 0 Å². The minimum absolute atomic E-state index is 0.0695. The first-order chi connectivity index (χ1) is 17.0. The van der Waals surface area contributed by atoms with Crippen LogP contribution < -0.4 is 10.3 Å². The Kier molecular flexibility index (Phi) is 7.10. The molecule has 0 fully saturated rings. The van der Waals surface area contributed by atoms with Crippen molar-refractivity contribution in [2.24, 2.45) is 0 Å². The second kappa shape index (κ2) is 9.94. The van der Waals surface area contributed by atoms with Crippen LogP contribution in [-0.4, -0.2) is 29.6 Å². The van der Waals surface area contributed by atoms with Crippen molar-refractivity contribution in [1.29, 1.82) is 5.41 Å². The molecule has 0 spiro atoms. The van der Waals surface area contributed by atoms with Crippen LogP contribution in [0.5, 0.6) is 0 Å². The Morgan fingerprint density at radius 2 is 1.39 bits per heavy atom. The summed E-state index contributed by atoms with van der Waals surface area (Å²) in [5, 5.41) is 8.98. The van der Waals surface area contributed by atoms with Crippen LogP contribution in [0.15, 0.2) is 72.8 Å². The average molecular weight is 517 g/mol. The third-order valence-electron chi connectivity index (χ3n) is 6.15. The van der Waals surface area contributed by atoms with Crippen molar-refractivity contribution in [2.75, 3.05) is 6.54 Å². The molecule has 0 saturated heterocycles. The lowest BCUT2D eigenvalue weighted by Gasteiger charge is -2.21. The SMILES string of the molecule is Cc1ccc(CC(CNS(=O)(=O)C(F)(F)F)n2c(=N)n(Cc3ccc(C)cc3)c3ccccc32)cc1. The molecule has 4 aromatic rings. The van der Waals surface area contributed by atoms with Crippen LogP contribution in [0.3, 0.4) is 0 Å². The molecule has 6 nitrogen and oxygen atoms in total. The molecule has 2 N–H and O–H groups in total. The van der Waals surface area contributed by atoms with Gasteiger partial charge in [0.1, 0.15) is 0 Å². The standard InChI is InChI=1S/C26H27F3N4O2S/c1-18-7-11-20(12-8-18)15-22(16-31-36(34,35)26(27,28)29)33-24-6-4-3-5-23(24)32(25(33)30)17-21-13-9-19(2)10-14-21/h3-14,22,30-31H,15-17H2,1-2H3. The van der Waals surface area contributed by atoms with Gasteiger partial charge in [0.2, 0.25) is 5.62 Å². The minimum Gasteiger partial charge on any atom is -0.306 e. The van der Waals surface area contributed by atoms with E-state index in [4.69, 9.17) is 5.41 Å². The van der Waals surface area contributed by atoms with Crippen molar-refractivity contribution in [2.45, 2.75) is 38.4 Å². The molecule has 0 aliphatic carbocycles. The molecule has 3 aromatic carbocycles. The van der Waals surface area contributed by atoms with E-state index in [1.165, 1.54) is 0 Å². The molecule has 36 heavy (non-hydrogen) atoms. The molecule has 10 heteroatoms. The maximum absolute atomic E-state index is 13.1. The fourth-order valence-corrected chi connectivity index (χ4v) is 4.77. The number of rotatable bonds is 8. The summed E-state index contributed by atoms with van der Waals surface area (Å²) in [7, 11) is -5.54. The first-order valence-corrected chi connectivity index (χ1v) is 12.9. The largest absolute Gasteiger partial charge is 0.511 e. The number of halogens is 3. The molecule has 4 rings (SSSR count). The molecular formula is C26H27F3N4O2S. The highest BCUT2D eigenvalue weighted by Crippen LogP contribution is 2.25. The molecule has 0 aliphatic heterocycles. The number of nitrogens with zero attached hydrogens (tertiary/aromatic N) is 2. The highest BCUT2D eigenvalue weighted by atomic mass is 32.2. The second-order valence-corrected chi connectivity index (χ2v) is 10.7. The third-order valence-corrected chi connectivity index (χ3v) is 7.30. The summed E-state index contributed by atoms with van der Waals surface area (Å²) in [4.78, 5) is 0. The molecule has 0 amide bonds. The predicted octanol–water partition coefficient (Wildman–Crippen LogP) is 4.81. The normalized spacial score (nSPS) is 13.2. The second-order valence-electron chi connectivity index (χ2n) is 8.90. The minimum atomic E-state index is -5.54. The van der Waals surface area contributed by atoms with E-state index in [-0.39, 0.29) is 12.0 Å². The molecule has 1 unspecified atom stereocenters. The van der Waals surface area contributed by atoms with Gasteiger partial charge in [-0.25, -0.2) is 13.1 Å². The summed E-state index contributed by atoms with van der Waals surface area (Å²) in [5.74, 6) is 0. The fourth-order valence-electron chi connectivity index (χ4n) is 4.20. The van der Waals surface area contributed by atoms with Crippen LogP contribution in [0.4, 0.5) is 13.2 Å². The van der Waals surface area contributed by atoms with Gasteiger partial charge in [0.05, 0.1) is 23.6 Å². The number of hydrogen-bond donors (Lipinski definition) is 2. The van der Waals surface area contributed by atoms with Crippen molar-refractivity contribution in [3.05, 3.63) is 101 Å². The lowest BCUT2D eigenvalue weighted by Crippen LogP contribution is -2.41. The lowest BCUT2D eigenvalue weighted by molar-refractivity contribution is -0.0448. The zero-order chi connectivity index (χ0) is 26.1. The van der Waals surface area contributed by atoms with Gasteiger partial charge in [0.25, 0.3) is 0 Å². The van der Waals surface area contributed by atoms with Crippen molar-refractivity contribution < 1.29 is 21.6 Å². The van der Waals surface area contributed by atoms with Gasteiger partial charge in [-0.05, 0) is 43.5 Å². The first kappa shape index (κ1) is 25.7. The quantitative estimate of drug-likeness (QED) is 0.353. The smallest absolute Gasteiger partial charge is 0.306 e. The van der Waals surface area contributed by atoms with Crippen LogP contribution in [0, 0.1) is 19.3 Å². The van der Waals surface area contributed by atoms with Gasteiger partial charge in [-0.3, -0.25) is 5.41 Å². The zero-order valence-electron chi connectivity index (χ0n) is 19.9. The number of fused-ring (bicyclic) bond motifs is 1. The number of nitrogens with one attached hydrogen (secondary N) is 2. The third kappa shape index (κ3) is 5.39. The van der Waals surface area contributed by atoms with Crippen LogP contribution in [-0.2, 0) is 23.0 Å². The number of alkyl halides is 3. The van der Waals surface area contributed by atoms with Gasteiger partial charge < -0.3 is 9.13 Å². The molecule has 1 atom stereocenters. The number of para-hydroxylation sites is 2. The van der Waals surface area contributed by atoms with E-state index in [0.717, 1.165) is 27.8 Å². The van der Waals surface area contributed by atoms with E-state index in [2.05, 4.69) is 0 Å². The Morgan fingerprint density at radius 1 is 0.861 bits per heavy atom. The number of benzene rings is 3. The van der Waals surface area contributed by atoms with E-state index < -0.39 is 28.1 Å². The molecule has 0 aliphatic rings. The van der Waals surface area contributed by atoms with E-state index in [1.54, 1.807) is 26.0 Å². The first-order valence-electron chi connectivity index (χ1n) is 11.4. The van der Waals surface area contributed by atoms with Crippen LogP contribution in [0.25, 0.3) is 11.0 Å². The topological polar surface area (TPSA) is 79.9 Å². The summed E-state index contributed by atoms with van der Waals surface area (Å²) in [6, 6.07) is 21.9. The number of sulfonamides is 1. The summed E-state index contributed by atoms with van der Waals surface area (Å²) >= 11 is 0. The average Bonchev–Trinajstić information content (AvgIpc) is 3.10. The molecular weight excluding hydrogens is 489 g/mol. The lowest BCUT2D eigenvalue weighted by atomic mass is 10.0. The number of aryl methyl sites for hydroxylation is 2. The van der Waals surface area contributed by atoms with Gasteiger partial charge in [-0.2, -0.15) is 13.2 Å². The van der Waals surface area contributed by atoms with Gasteiger partial charge in [0, 0.05) is 6.54 Å². The molecule has 1 aromatic heterocycles. The Hall–Kier alpha value is -3.37. The van der Waals surface area contributed by atoms with E-state index in [0.29, 0.717) is 12.1 Å². The Bertz CT molecular complexity index is 1520. The summed E-state index contributed by atoms with van der Waals surface area (Å²) in [6.45, 7) is 3.77. The molecule has 0 radical (unpaired) electrons. The summed E-state index contributed by atoms with van der Waals surface area (Å²) in [6.07, 6.45) is 0.232. The maximum atomic E-state index is 13.1. The zero-order valence-corrected chi connectivity index (χ0v) is 20.7. The molecule has 0 saturated carbocycles. The van der Waals surface area contributed by atoms with Crippen LogP contribution in [0.1, 0.15) is 28.3 Å². The van der Waals surface area contributed by atoms with E-state index in [9.17, 15) is 21.6 Å². The molecule has 190 valence electrons. The van der Waals surface area contributed by atoms with E-state index >= 15 is 0 Å². The highest BCUT2D eigenvalue weighted by molar-refractivity contribution is 7.90. The Morgan fingerprint density at radius 3 is 1.94 bits per heavy atom. The van der Waals surface area contributed by atoms with Gasteiger partial charge in [-0.1, -0.05) is 71.8 Å². The van der Waals surface area contributed by atoms with Crippen molar-refractivity contribution in [3.8, 4) is 0 Å². The predicted molar refractivity (Wildman–Crippen MR) is 133 cm³/mol. The van der Waals surface area contributed by atoms with E-state index in [1.807, 2.05) is 74.5 Å². The summed E-state index contributed by atoms with van der Waals surface area (Å²) < 4.78 is 67.9. The van der Waals surface area contributed by atoms with Crippen LogP contribution >= 0.6 is 0 Å². The maximum Gasteiger partial charge on any atom is 0.511 e. The Balaban J connectivity index is 1.80. The monoisotopic (exact) mass is 516 g/mol. The number of imidazole rings is 1.